The molecular weight excluding hydrogens is 404 g/mol. The van der Waals surface area contributed by atoms with Gasteiger partial charge in [0.1, 0.15) is 28.6 Å². The molecule has 0 fully saturated rings. The quantitative estimate of drug-likeness (QED) is 0.208. The summed E-state index contributed by atoms with van der Waals surface area (Å²) >= 11 is 1.96. The van der Waals surface area contributed by atoms with Crippen LogP contribution in [0.1, 0.15) is 24.0 Å². The van der Waals surface area contributed by atoms with Gasteiger partial charge in [0.05, 0.1) is 28.7 Å². The Morgan fingerprint density at radius 3 is 2.96 bits per heavy atom. The van der Waals surface area contributed by atoms with Crippen molar-refractivity contribution in [2.75, 3.05) is 0 Å². The second-order valence-electron chi connectivity index (χ2n) is 5.49. The van der Waals surface area contributed by atoms with Crippen LogP contribution in [0.2, 0.25) is 0 Å². The van der Waals surface area contributed by atoms with Crippen LogP contribution in [-0.2, 0) is 15.7 Å². The molecule has 1 aromatic carbocycles. The third kappa shape index (κ3) is 3.00. The molecule has 0 aliphatic carbocycles. The molecule has 0 atom stereocenters. The molecule has 0 aliphatic heterocycles. The lowest BCUT2D eigenvalue weighted by molar-refractivity contribution is -0.195. The van der Waals surface area contributed by atoms with Crippen molar-refractivity contribution >= 4 is 51.8 Å². The number of H-pyrrole nitrogens is 1. The van der Waals surface area contributed by atoms with E-state index in [4.69, 9.17) is 10.2 Å². The summed E-state index contributed by atoms with van der Waals surface area (Å²) in [5.74, 6) is 5.58. The monoisotopic (exact) mass is 416 g/mol. The lowest BCUT2D eigenvalue weighted by Gasteiger charge is -2.08. The third-order valence-electron chi connectivity index (χ3n) is 3.94. The van der Waals surface area contributed by atoms with E-state index >= 15 is 0 Å². The van der Waals surface area contributed by atoms with Crippen LogP contribution in [-0.4, -0.2) is 28.6 Å². The first-order valence-electron chi connectivity index (χ1n) is 7.91. The lowest BCUT2D eigenvalue weighted by atomic mass is 10.1. The summed E-state index contributed by atoms with van der Waals surface area (Å²) in [6, 6.07) is 3.91. The highest BCUT2D eigenvalue weighted by molar-refractivity contribution is 7.94. The number of nitrogens with two attached hydrogens (primary N) is 1. The smallest absolute Gasteiger partial charge is 0.192 e. The average Bonchev–Trinajstić information content (AvgIpc) is 3.40. The molecule has 0 amide bonds. The van der Waals surface area contributed by atoms with Crippen molar-refractivity contribution in [3.63, 3.8) is 0 Å². The number of nitrogens with zero attached hydrogens (tertiary/aromatic N) is 8. The zero-order chi connectivity index (χ0) is 19.7. The van der Waals surface area contributed by atoms with E-state index in [1.54, 1.807) is 6.92 Å². The van der Waals surface area contributed by atoms with Crippen LogP contribution in [0.5, 0.6) is 0 Å². The fourth-order valence-corrected chi connectivity index (χ4v) is 3.81. The number of rotatable bonds is 6. The van der Waals surface area contributed by atoms with Gasteiger partial charge < -0.3 is 0 Å². The molecule has 0 unspecified atom stereocenters. The molecule has 3 aromatic heterocycles. The molecule has 142 valence electrons. The molecule has 0 spiro atoms. The van der Waals surface area contributed by atoms with Gasteiger partial charge in [0.2, 0.25) is 0 Å². The van der Waals surface area contributed by atoms with E-state index in [0.717, 1.165) is 29.3 Å². The first kappa shape index (κ1) is 18.4. The SMILES string of the molecule is CCc1cc2nsnc2c(/N=N/c2c(C#N)nn3c(C)n[nH]c23)c1SOON. The molecule has 12 nitrogen and oxygen atoms in total. The highest BCUT2D eigenvalue weighted by atomic mass is 32.2. The second-order valence-corrected chi connectivity index (χ2v) is 6.73. The first-order valence-corrected chi connectivity index (χ1v) is 9.38. The maximum absolute atomic E-state index is 9.38. The number of azo groups is 1. The van der Waals surface area contributed by atoms with Crippen molar-refractivity contribution in [2.24, 2.45) is 16.1 Å². The van der Waals surface area contributed by atoms with Gasteiger partial charge in [-0.05, 0) is 25.0 Å². The largest absolute Gasteiger partial charge is 0.258 e. The minimum absolute atomic E-state index is 0.121. The van der Waals surface area contributed by atoms with E-state index in [1.165, 1.54) is 4.52 Å². The van der Waals surface area contributed by atoms with Crippen molar-refractivity contribution in [1.82, 2.24) is 28.6 Å². The Labute approximate surface area is 165 Å². The van der Waals surface area contributed by atoms with Gasteiger partial charge in [0, 0.05) is 0 Å². The summed E-state index contributed by atoms with van der Waals surface area (Å²) in [5, 5.41) is 29.0. The molecule has 0 aliphatic rings. The van der Waals surface area contributed by atoms with E-state index in [-0.39, 0.29) is 11.4 Å². The maximum Gasteiger partial charge on any atom is 0.192 e. The molecule has 4 aromatic rings. The minimum Gasteiger partial charge on any atom is -0.258 e. The van der Waals surface area contributed by atoms with Crippen LogP contribution in [0.15, 0.2) is 21.2 Å². The normalized spacial score (nSPS) is 11.8. The van der Waals surface area contributed by atoms with Gasteiger partial charge >= 0.3 is 0 Å². The van der Waals surface area contributed by atoms with Crippen molar-refractivity contribution in [1.29, 1.82) is 5.26 Å². The number of hydrogen-bond donors (Lipinski definition) is 2. The number of aromatic nitrogens is 6. The molecular formula is C14H12N10O2S2. The van der Waals surface area contributed by atoms with Crippen molar-refractivity contribution in [2.45, 2.75) is 25.2 Å². The molecule has 14 heteroatoms. The predicted octanol–water partition coefficient (Wildman–Crippen LogP) is 3.05. The molecule has 28 heavy (non-hydrogen) atoms. The van der Waals surface area contributed by atoms with E-state index in [0.29, 0.717) is 39.5 Å². The van der Waals surface area contributed by atoms with Crippen LogP contribution in [0, 0.1) is 18.3 Å². The van der Waals surface area contributed by atoms with Crippen LogP contribution < -0.4 is 5.90 Å². The summed E-state index contributed by atoms with van der Waals surface area (Å²) in [4.78, 5) is 4.87. The number of aromatic amines is 1. The maximum atomic E-state index is 9.38. The van der Waals surface area contributed by atoms with E-state index in [9.17, 15) is 5.26 Å². The second kappa shape index (κ2) is 7.58. The number of hydrogen-bond acceptors (Lipinski definition) is 12. The Bertz CT molecular complexity index is 1230. The lowest BCUT2D eigenvalue weighted by Crippen LogP contribution is -1.96. The van der Waals surface area contributed by atoms with Crippen LogP contribution in [0.4, 0.5) is 11.4 Å². The molecule has 0 bridgehead atoms. The van der Waals surface area contributed by atoms with Gasteiger partial charge in [-0.1, -0.05) is 6.92 Å². The Balaban J connectivity index is 1.90. The number of aryl methyl sites for hydroxylation is 2. The third-order valence-corrected chi connectivity index (χ3v) is 5.25. The van der Waals surface area contributed by atoms with Gasteiger partial charge in [-0.2, -0.15) is 34.6 Å². The van der Waals surface area contributed by atoms with Gasteiger partial charge in [0.25, 0.3) is 0 Å². The highest BCUT2D eigenvalue weighted by Crippen LogP contribution is 2.40. The summed E-state index contributed by atoms with van der Waals surface area (Å²) < 4.78 is 14.9. The van der Waals surface area contributed by atoms with Crippen molar-refractivity contribution in [3.8, 4) is 6.07 Å². The van der Waals surface area contributed by atoms with Gasteiger partial charge in [-0.3, -0.25) is 5.10 Å². The zero-order valence-corrected chi connectivity index (χ0v) is 16.2. The number of nitriles is 1. The summed E-state index contributed by atoms with van der Waals surface area (Å²) in [6.45, 7) is 3.74. The number of fused-ring (bicyclic) bond motifs is 2. The van der Waals surface area contributed by atoms with Gasteiger partial charge in [-0.15, -0.1) is 19.6 Å². The minimum atomic E-state index is 0.121. The summed E-state index contributed by atoms with van der Waals surface area (Å²) in [6.07, 6.45) is 0.688. The highest BCUT2D eigenvalue weighted by Gasteiger charge is 2.20. The van der Waals surface area contributed by atoms with Crippen molar-refractivity contribution in [3.05, 3.63) is 23.1 Å². The number of benzene rings is 1. The number of nitrogens with one attached hydrogen (secondary N) is 1. The predicted molar refractivity (Wildman–Crippen MR) is 100.0 cm³/mol. The summed E-state index contributed by atoms with van der Waals surface area (Å²) in [5.41, 5.74) is 3.44. The van der Waals surface area contributed by atoms with E-state index < -0.39 is 0 Å². The molecule has 0 radical (unpaired) electrons. The Morgan fingerprint density at radius 2 is 2.21 bits per heavy atom. The Hall–Kier alpha value is -2.96. The Morgan fingerprint density at radius 1 is 1.39 bits per heavy atom. The standard InChI is InChI=1S/C14H12N10O2S2/c1-3-7-4-8-10(23-28-22-8)12(13(7)27-26-25-16)19-18-11-9(5-15)21-24-6(2)17-20-14(11)24/h4,20H,3,16H2,1-2H3/b19-18+. The molecule has 3 N–H and O–H groups in total. The fourth-order valence-electron chi connectivity index (χ4n) is 2.64. The van der Waals surface area contributed by atoms with Gasteiger partial charge in [-0.25, -0.2) is 0 Å². The topological polar surface area (TPSA) is 165 Å². The van der Waals surface area contributed by atoms with Gasteiger partial charge in [0.15, 0.2) is 17.0 Å². The molecule has 3 heterocycles. The fraction of sp³-hybridized carbons (Fsp3) is 0.214. The van der Waals surface area contributed by atoms with Crippen LogP contribution in [0.25, 0.3) is 16.7 Å². The molecule has 0 saturated carbocycles. The summed E-state index contributed by atoms with van der Waals surface area (Å²) in [7, 11) is 0. The average molecular weight is 416 g/mol. The zero-order valence-electron chi connectivity index (χ0n) is 14.6. The van der Waals surface area contributed by atoms with Crippen LogP contribution >= 0.6 is 23.8 Å². The Kier molecular flexibility index (Phi) is 4.98. The van der Waals surface area contributed by atoms with Crippen LogP contribution in [0.3, 0.4) is 0 Å². The first-order chi connectivity index (χ1) is 13.7. The molecule has 4 rings (SSSR count). The molecule has 0 saturated heterocycles. The van der Waals surface area contributed by atoms with Crippen molar-refractivity contribution < 1.29 is 9.32 Å². The van der Waals surface area contributed by atoms with E-state index in [1.807, 2.05) is 19.1 Å². The van der Waals surface area contributed by atoms with E-state index in [2.05, 4.69) is 39.3 Å².